The van der Waals surface area contributed by atoms with Crippen LogP contribution in [-0.4, -0.2) is 4.57 Å². The smallest absolute Gasteiger partial charge is 0.127 e. The molecule has 1 aliphatic heterocycles. The average molecular weight is 716 g/mol. The molecule has 3 heteroatoms. The van der Waals surface area contributed by atoms with E-state index in [4.69, 9.17) is 0 Å². The van der Waals surface area contributed by atoms with E-state index < -0.39 is 0 Å². The van der Waals surface area contributed by atoms with Crippen molar-refractivity contribution in [2.75, 3.05) is 9.80 Å². The number of para-hydroxylation sites is 3. The number of hydrogen-bond donors (Lipinski definition) is 0. The van der Waals surface area contributed by atoms with Crippen LogP contribution in [0.25, 0.3) is 49.3 Å². The van der Waals surface area contributed by atoms with E-state index in [1.807, 2.05) is 0 Å². The minimum atomic E-state index is 0.807. The average Bonchev–Trinajstić information content (AvgIpc) is 3.60. The van der Waals surface area contributed by atoms with Crippen molar-refractivity contribution in [1.82, 2.24) is 4.57 Å². The Morgan fingerprint density at radius 1 is 0.411 bits per heavy atom. The van der Waals surface area contributed by atoms with E-state index in [1.165, 1.54) is 66.2 Å². The second-order valence-corrected chi connectivity index (χ2v) is 14.6. The SMILES string of the molecule is c1ccc(-c2ccc(N(c3ccc4c(c3)Cc3c(n(-c5ccccc5)c5ccccc35)N4c3ccccc3)c3cc4ccccc4c4ccccc34)cc2)cc1. The monoisotopic (exact) mass is 715 g/mol. The van der Waals surface area contributed by atoms with Crippen LogP contribution >= 0.6 is 0 Å². The summed E-state index contributed by atoms with van der Waals surface area (Å²) < 4.78 is 2.44. The van der Waals surface area contributed by atoms with Crippen LogP contribution < -0.4 is 9.80 Å². The molecule has 0 atom stereocenters. The molecule has 10 aromatic rings. The zero-order valence-electron chi connectivity index (χ0n) is 30.8. The van der Waals surface area contributed by atoms with Crippen LogP contribution in [0.3, 0.4) is 0 Å². The lowest BCUT2D eigenvalue weighted by molar-refractivity contribution is 1.01. The minimum absolute atomic E-state index is 0.807. The summed E-state index contributed by atoms with van der Waals surface area (Å²) in [5.74, 6) is 1.19. The van der Waals surface area contributed by atoms with Crippen LogP contribution in [0.2, 0.25) is 0 Å². The molecule has 0 N–H and O–H groups in total. The van der Waals surface area contributed by atoms with Gasteiger partial charge >= 0.3 is 0 Å². The first kappa shape index (κ1) is 32.1. The Hall–Kier alpha value is -7.36. The summed E-state index contributed by atoms with van der Waals surface area (Å²) in [7, 11) is 0. The quantitative estimate of drug-likeness (QED) is 0.159. The molecule has 0 bridgehead atoms. The highest BCUT2D eigenvalue weighted by Gasteiger charge is 2.32. The van der Waals surface area contributed by atoms with E-state index in [2.05, 4.69) is 227 Å². The van der Waals surface area contributed by atoms with Crippen LogP contribution in [0, 0.1) is 0 Å². The Labute approximate surface area is 326 Å². The molecule has 0 fully saturated rings. The first-order valence-electron chi connectivity index (χ1n) is 19.3. The topological polar surface area (TPSA) is 11.4 Å². The molecule has 0 unspecified atom stereocenters. The molecule has 0 radical (unpaired) electrons. The standard InChI is InChI=1S/C53H37N3/c1-4-16-37(17-5-1)38-28-30-43(31-29-38)54(52-36-39-18-10-11-23-45(39)46-24-12-13-25-47(46)52)44-32-33-50-40(34-44)35-49-48-26-14-15-27-51(48)56(42-21-8-3-9-22-42)53(49)55(50)41-19-6-2-7-20-41/h1-34,36H,35H2. The predicted molar refractivity (Wildman–Crippen MR) is 236 cm³/mol. The van der Waals surface area contributed by atoms with Gasteiger partial charge in [0.05, 0.1) is 16.9 Å². The number of fused-ring (bicyclic) bond motifs is 7. The summed E-state index contributed by atoms with van der Waals surface area (Å²) in [6, 6.07) is 77.1. The maximum absolute atomic E-state index is 2.47. The lowest BCUT2D eigenvalue weighted by atomic mass is 9.95. The molecule has 3 nitrogen and oxygen atoms in total. The number of aromatic nitrogens is 1. The Morgan fingerprint density at radius 3 is 1.73 bits per heavy atom. The lowest BCUT2D eigenvalue weighted by Crippen LogP contribution is -2.21. The van der Waals surface area contributed by atoms with Gasteiger partial charge in [0.15, 0.2) is 0 Å². The third-order valence-corrected chi connectivity index (χ3v) is 11.3. The molecule has 0 saturated carbocycles. The van der Waals surface area contributed by atoms with Crippen LogP contribution in [0.5, 0.6) is 0 Å². The number of hydrogen-bond acceptors (Lipinski definition) is 2. The summed E-state index contributed by atoms with van der Waals surface area (Å²) in [5, 5.41) is 6.22. The fourth-order valence-electron chi connectivity index (χ4n) is 8.84. The summed E-state index contributed by atoms with van der Waals surface area (Å²) in [6.07, 6.45) is 0.807. The molecule has 0 spiro atoms. The van der Waals surface area contributed by atoms with Gasteiger partial charge in [0.1, 0.15) is 5.82 Å². The molecule has 0 saturated heterocycles. The Bertz CT molecular complexity index is 3040. The third-order valence-electron chi connectivity index (χ3n) is 11.3. The van der Waals surface area contributed by atoms with Crippen molar-refractivity contribution in [2.24, 2.45) is 0 Å². The number of anilines is 6. The number of rotatable bonds is 6. The summed E-state index contributed by atoms with van der Waals surface area (Å²) in [5.41, 5.74) is 13.1. The highest BCUT2D eigenvalue weighted by Crippen LogP contribution is 2.51. The van der Waals surface area contributed by atoms with E-state index in [0.29, 0.717) is 0 Å². The number of benzene rings is 9. The number of nitrogens with zero attached hydrogens (tertiary/aromatic N) is 3. The minimum Gasteiger partial charge on any atom is -0.310 e. The van der Waals surface area contributed by atoms with Gasteiger partial charge in [-0.25, -0.2) is 0 Å². The van der Waals surface area contributed by atoms with Crippen molar-refractivity contribution in [3.8, 4) is 16.8 Å². The molecule has 1 aromatic heterocycles. The van der Waals surface area contributed by atoms with E-state index in [0.717, 1.165) is 34.9 Å². The zero-order chi connectivity index (χ0) is 37.0. The van der Waals surface area contributed by atoms with Crippen molar-refractivity contribution in [1.29, 1.82) is 0 Å². The maximum atomic E-state index is 2.47. The van der Waals surface area contributed by atoms with Gasteiger partial charge in [-0.15, -0.1) is 0 Å². The maximum Gasteiger partial charge on any atom is 0.127 e. The largest absolute Gasteiger partial charge is 0.310 e. The van der Waals surface area contributed by atoms with Gasteiger partial charge in [-0.1, -0.05) is 146 Å². The van der Waals surface area contributed by atoms with Crippen LogP contribution in [0.15, 0.2) is 212 Å². The van der Waals surface area contributed by atoms with Crippen molar-refractivity contribution >= 4 is 66.7 Å². The van der Waals surface area contributed by atoms with Gasteiger partial charge < -0.3 is 4.90 Å². The summed E-state index contributed by atoms with van der Waals surface area (Å²) in [6.45, 7) is 0. The highest BCUT2D eigenvalue weighted by molar-refractivity contribution is 6.14. The van der Waals surface area contributed by atoms with E-state index >= 15 is 0 Å². The van der Waals surface area contributed by atoms with Crippen molar-refractivity contribution < 1.29 is 0 Å². The zero-order valence-corrected chi connectivity index (χ0v) is 30.8. The van der Waals surface area contributed by atoms with Gasteiger partial charge in [-0.05, 0) is 99.6 Å². The Balaban J connectivity index is 1.15. The Kier molecular flexibility index (Phi) is 7.56. The normalized spacial score (nSPS) is 12.2. The molecule has 2 heterocycles. The molecule has 264 valence electrons. The second kappa shape index (κ2) is 13.2. The van der Waals surface area contributed by atoms with E-state index in [1.54, 1.807) is 0 Å². The molecular formula is C53H37N3. The van der Waals surface area contributed by atoms with Gasteiger partial charge in [-0.3, -0.25) is 9.47 Å². The molecule has 11 rings (SSSR count). The van der Waals surface area contributed by atoms with E-state index in [9.17, 15) is 0 Å². The second-order valence-electron chi connectivity index (χ2n) is 14.6. The molecule has 1 aliphatic rings. The van der Waals surface area contributed by atoms with Gasteiger partial charge in [0, 0.05) is 45.5 Å². The molecular weight excluding hydrogens is 679 g/mol. The lowest BCUT2D eigenvalue weighted by Gasteiger charge is -2.35. The van der Waals surface area contributed by atoms with Gasteiger partial charge in [0.2, 0.25) is 0 Å². The molecule has 0 amide bonds. The summed E-state index contributed by atoms with van der Waals surface area (Å²) in [4.78, 5) is 4.93. The fraction of sp³-hybridized carbons (Fsp3) is 0.0189. The van der Waals surface area contributed by atoms with Crippen molar-refractivity contribution in [3.63, 3.8) is 0 Å². The van der Waals surface area contributed by atoms with Crippen LogP contribution in [0.4, 0.5) is 34.3 Å². The molecule has 9 aromatic carbocycles. The third kappa shape index (κ3) is 5.20. The van der Waals surface area contributed by atoms with Crippen LogP contribution in [-0.2, 0) is 6.42 Å². The molecule has 0 aliphatic carbocycles. The van der Waals surface area contributed by atoms with E-state index in [-0.39, 0.29) is 0 Å². The predicted octanol–water partition coefficient (Wildman–Crippen LogP) is 14.4. The van der Waals surface area contributed by atoms with Crippen molar-refractivity contribution in [3.05, 3.63) is 223 Å². The summed E-state index contributed by atoms with van der Waals surface area (Å²) >= 11 is 0. The first-order chi connectivity index (χ1) is 27.8. The molecule has 56 heavy (non-hydrogen) atoms. The Morgan fingerprint density at radius 2 is 0.982 bits per heavy atom. The fourth-order valence-corrected chi connectivity index (χ4v) is 8.84. The van der Waals surface area contributed by atoms with Gasteiger partial charge in [0.25, 0.3) is 0 Å². The van der Waals surface area contributed by atoms with Crippen LogP contribution in [0.1, 0.15) is 11.1 Å². The highest BCUT2D eigenvalue weighted by atomic mass is 15.3. The van der Waals surface area contributed by atoms with Crippen molar-refractivity contribution in [2.45, 2.75) is 6.42 Å². The van der Waals surface area contributed by atoms with Gasteiger partial charge in [-0.2, -0.15) is 0 Å². The first-order valence-corrected chi connectivity index (χ1v) is 19.3.